The van der Waals surface area contributed by atoms with Crippen LogP contribution in [0, 0.1) is 10.1 Å². The van der Waals surface area contributed by atoms with Gasteiger partial charge in [0, 0.05) is 11.5 Å². The Labute approximate surface area is 99.4 Å². The van der Waals surface area contributed by atoms with Crippen molar-refractivity contribution in [3.8, 4) is 5.75 Å². The molecule has 0 saturated carbocycles. The molecule has 0 spiro atoms. The first kappa shape index (κ1) is 13.4. The van der Waals surface area contributed by atoms with E-state index in [-0.39, 0.29) is 16.9 Å². The molecule has 0 aliphatic rings. The average Bonchev–Trinajstić information content (AvgIpc) is 2.27. The third kappa shape index (κ3) is 2.92. The Hall–Kier alpha value is -1.66. The molecule has 1 rings (SSSR count). The number of hydrogen-bond donors (Lipinski definition) is 1. The fraction of sp³-hybridized carbons (Fsp3) is 0.455. The molecule has 2 N–H and O–H groups in total. The van der Waals surface area contributed by atoms with Crippen molar-refractivity contribution in [2.24, 2.45) is 5.90 Å². The van der Waals surface area contributed by atoms with E-state index in [1.165, 1.54) is 13.2 Å². The Bertz CT molecular complexity index is 418. The van der Waals surface area contributed by atoms with Crippen LogP contribution >= 0.6 is 0 Å². The van der Waals surface area contributed by atoms with Gasteiger partial charge in [0.2, 0.25) is 0 Å². The van der Waals surface area contributed by atoms with Gasteiger partial charge >= 0.3 is 5.69 Å². The van der Waals surface area contributed by atoms with Crippen molar-refractivity contribution in [3.63, 3.8) is 0 Å². The lowest BCUT2D eigenvalue weighted by Crippen LogP contribution is -2.26. The van der Waals surface area contributed by atoms with E-state index in [4.69, 9.17) is 10.6 Å². The summed E-state index contributed by atoms with van der Waals surface area (Å²) in [5.74, 6) is 5.30. The van der Waals surface area contributed by atoms with Crippen molar-refractivity contribution in [1.82, 2.24) is 0 Å². The van der Waals surface area contributed by atoms with Crippen LogP contribution in [0.5, 0.6) is 5.75 Å². The second-order valence-corrected chi connectivity index (χ2v) is 4.34. The van der Waals surface area contributed by atoms with Crippen LogP contribution in [0.3, 0.4) is 0 Å². The minimum absolute atomic E-state index is 0.0549. The lowest BCUT2D eigenvalue weighted by Gasteiger charge is -2.23. The predicted molar refractivity (Wildman–Crippen MR) is 62.8 cm³/mol. The Kier molecular flexibility index (Phi) is 4.03. The first-order valence-electron chi connectivity index (χ1n) is 5.07. The van der Waals surface area contributed by atoms with Crippen LogP contribution in [0.1, 0.15) is 19.4 Å². The zero-order valence-corrected chi connectivity index (χ0v) is 10.1. The van der Waals surface area contributed by atoms with Crippen molar-refractivity contribution in [3.05, 3.63) is 33.9 Å². The largest absolute Gasteiger partial charge is 0.490 e. The maximum Gasteiger partial charge on any atom is 0.310 e. The molecule has 0 atom stereocenters. The predicted octanol–water partition coefficient (Wildman–Crippen LogP) is 1.77. The SMILES string of the molecule is COc1cc(C(C)(C)CON)ccc1[N+](=O)[O-]. The number of nitrogens with two attached hydrogens (primary N) is 1. The summed E-state index contributed by atoms with van der Waals surface area (Å²) < 4.78 is 5.01. The summed E-state index contributed by atoms with van der Waals surface area (Å²) in [4.78, 5) is 14.9. The molecule has 0 unspecified atom stereocenters. The fourth-order valence-electron chi connectivity index (χ4n) is 1.54. The summed E-state index contributed by atoms with van der Waals surface area (Å²) in [7, 11) is 1.40. The van der Waals surface area contributed by atoms with Crippen molar-refractivity contribution in [2.75, 3.05) is 13.7 Å². The van der Waals surface area contributed by atoms with Crippen LogP contribution < -0.4 is 10.6 Å². The molecule has 6 heteroatoms. The van der Waals surface area contributed by atoms with Gasteiger partial charge in [-0.15, -0.1) is 0 Å². The van der Waals surface area contributed by atoms with Gasteiger partial charge in [-0.2, -0.15) is 0 Å². The first-order valence-corrected chi connectivity index (χ1v) is 5.07. The van der Waals surface area contributed by atoms with Crippen molar-refractivity contribution >= 4 is 5.69 Å². The highest BCUT2D eigenvalue weighted by Gasteiger charge is 2.24. The summed E-state index contributed by atoms with van der Waals surface area (Å²) in [6, 6.07) is 4.74. The number of nitro benzene ring substituents is 1. The standard InChI is InChI=1S/C11H16N2O4/c1-11(2,7-17-12)8-4-5-9(13(14)15)10(6-8)16-3/h4-6H,7,12H2,1-3H3. The first-order chi connectivity index (χ1) is 7.92. The highest BCUT2D eigenvalue weighted by atomic mass is 16.6. The Morgan fingerprint density at radius 1 is 1.47 bits per heavy atom. The van der Waals surface area contributed by atoms with Crippen LogP contribution in [0.15, 0.2) is 18.2 Å². The molecule has 17 heavy (non-hydrogen) atoms. The van der Waals surface area contributed by atoms with Gasteiger partial charge in [0.05, 0.1) is 18.6 Å². The summed E-state index contributed by atoms with van der Waals surface area (Å²) in [6.07, 6.45) is 0. The number of rotatable bonds is 5. The molecule has 0 aliphatic carbocycles. The molecule has 0 aliphatic heterocycles. The third-order valence-electron chi connectivity index (χ3n) is 2.60. The zero-order valence-electron chi connectivity index (χ0n) is 10.1. The van der Waals surface area contributed by atoms with Gasteiger partial charge < -0.3 is 9.57 Å². The van der Waals surface area contributed by atoms with Crippen LogP contribution in [0.25, 0.3) is 0 Å². The molecule has 0 amide bonds. The Morgan fingerprint density at radius 3 is 2.59 bits per heavy atom. The summed E-state index contributed by atoms with van der Waals surface area (Å²) in [6.45, 7) is 4.18. The lowest BCUT2D eigenvalue weighted by atomic mass is 9.85. The number of methoxy groups -OCH3 is 1. The molecule has 0 aromatic heterocycles. The van der Waals surface area contributed by atoms with E-state index >= 15 is 0 Å². The summed E-state index contributed by atoms with van der Waals surface area (Å²) in [5, 5.41) is 10.7. The molecule has 6 nitrogen and oxygen atoms in total. The zero-order chi connectivity index (χ0) is 13.1. The summed E-state index contributed by atoms with van der Waals surface area (Å²) in [5.41, 5.74) is 0.475. The van der Waals surface area contributed by atoms with Crippen LogP contribution in [0.2, 0.25) is 0 Å². The van der Waals surface area contributed by atoms with E-state index < -0.39 is 4.92 Å². The molecular weight excluding hydrogens is 224 g/mol. The van der Waals surface area contributed by atoms with Gasteiger partial charge in [0.15, 0.2) is 5.75 Å². The number of benzene rings is 1. The van der Waals surface area contributed by atoms with E-state index in [1.54, 1.807) is 12.1 Å². The van der Waals surface area contributed by atoms with Crippen LogP contribution in [-0.2, 0) is 10.3 Å². The molecule has 1 aromatic rings. The van der Waals surface area contributed by atoms with Crippen molar-refractivity contribution < 1.29 is 14.5 Å². The monoisotopic (exact) mass is 240 g/mol. The van der Waals surface area contributed by atoms with E-state index in [9.17, 15) is 10.1 Å². The fourth-order valence-corrected chi connectivity index (χ4v) is 1.54. The van der Waals surface area contributed by atoms with Gasteiger partial charge in [-0.1, -0.05) is 19.9 Å². The maximum atomic E-state index is 10.7. The quantitative estimate of drug-likeness (QED) is 0.626. The lowest BCUT2D eigenvalue weighted by molar-refractivity contribution is -0.385. The van der Waals surface area contributed by atoms with Crippen LogP contribution in [-0.4, -0.2) is 18.6 Å². The van der Waals surface area contributed by atoms with Gasteiger partial charge in [0.25, 0.3) is 0 Å². The second-order valence-electron chi connectivity index (χ2n) is 4.34. The van der Waals surface area contributed by atoms with Gasteiger partial charge in [-0.25, -0.2) is 5.90 Å². The number of nitrogens with zero attached hydrogens (tertiary/aromatic N) is 1. The minimum Gasteiger partial charge on any atom is -0.490 e. The Balaban J connectivity index is 3.17. The summed E-state index contributed by atoms with van der Waals surface area (Å²) >= 11 is 0. The molecular formula is C11H16N2O4. The molecule has 0 saturated heterocycles. The van der Waals surface area contributed by atoms with Gasteiger partial charge in [-0.05, 0) is 11.6 Å². The molecule has 0 radical (unpaired) electrons. The maximum absolute atomic E-state index is 10.7. The normalized spacial score (nSPS) is 11.3. The van der Waals surface area contributed by atoms with E-state index in [1.807, 2.05) is 13.8 Å². The third-order valence-corrected chi connectivity index (χ3v) is 2.60. The minimum atomic E-state index is -0.477. The number of hydrogen-bond acceptors (Lipinski definition) is 5. The molecule has 0 bridgehead atoms. The van der Waals surface area contributed by atoms with Crippen molar-refractivity contribution in [2.45, 2.75) is 19.3 Å². The number of nitro groups is 1. The Morgan fingerprint density at radius 2 is 2.12 bits per heavy atom. The van der Waals surface area contributed by atoms with E-state index in [2.05, 4.69) is 4.84 Å². The van der Waals surface area contributed by atoms with Crippen molar-refractivity contribution in [1.29, 1.82) is 0 Å². The molecule has 0 heterocycles. The smallest absolute Gasteiger partial charge is 0.310 e. The molecule has 0 fully saturated rings. The van der Waals surface area contributed by atoms with Gasteiger partial charge in [-0.3, -0.25) is 10.1 Å². The second kappa shape index (κ2) is 5.11. The van der Waals surface area contributed by atoms with E-state index in [0.29, 0.717) is 6.61 Å². The topological polar surface area (TPSA) is 87.6 Å². The van der Waals surface area contributed by atoms with Gasteiger partial charge in [0.1, 0.15) is 0 Å². The van der Waals surface area contributed by atoms with E-state index in [0.717, 1.165) is 5.56 Å². The average molecular weight is 240 g/mol. The number of ether oxygens (including phenoxy) is 1. The van der Waals surface area contributed by atoms with Crippen LogP contribution in [0.4, 0.5) is 5.69 Å². The molecule has 94 valence electrons. The molecule has 1 aromatic carbocycles. The highest BCUT2D eigenvalue weighted by molar-refractivity contribution is 5.49. The highest BCUT2D eigenvalue weighted by Crippen LogP contribution is 2.32.